The summed E-state index contributed by atoms with van der Waals surface area (Å²) in [6.07, 6.45) is 1.99. The maximum Gasteiger partial charge on any atom is 0.281 e. The molecule has 0 amide bonds. The van der Waals surface area contributed by atoms with E-state index in [1.165, 1.54) is 6.20 Å². The molecule has 6 nitrogen and oxygen atoms in total. The van der Waals surface area contributed by atoms with E-state index in [1.807, 2.05) is 0 Å². The highest BCUT2D eigenvalue weighted by atomic mass is 19.1. The van der Waals surface area contributed by atoms with Crippen LogP contribution in [0.25, 0.3) is 10.9 Å². The standard InChI is InChI=1S/C14H14FN3O3/c1-14(19)4-6-17(8-14)13-10(15)7-11(18(20)21)9-3-2-5-16-12(9)13/h2-3,5,7,19H,4,6,8H2,1H3. The predicted octanol–water partition coefficient (Wildman–Crippen LogP) is 2.24. The Labute approximate surface area is 120 Å². The first kappa shape index (κ1) is 13.7. The lowest BCUT2D eigenvalue weighted by molar-refractivity contribution is -0.383. The molecule has 1 N–H and O–H groups in total. The summed E-state index contributed by atoms with van der Waals surface area (Å²) in [5.74, 6) is -0.689. The van der Waals surface area contributed by atoms with Gasteiger partial charge in [-0.05, 0) is 25.5 Å². The number of fused-ring (bicyclic) bond motifs is 1. The molecule has 0 radical (unpaired) electrons. The molecule has 0 spiro atoms. The topological polar surface area (TPSA) is 79.5 Å². The zero-order valence-electron chi connectivity index (χ0n) is 11.4. The van der Waals surface area contributed by atoms with Gasteiger partial charge in [-0.15, -0.1) is 0 Å². The Morgan fingerprint density at radius 2 is 2.33 bits per heavy atom. The van der Waals surface area contributed by atoms with Gasteiger partial charge in [0.1, 0.15) is 11.2 Å². The lowest BCUT2D eigenvalue weighted by Gasteiger charge is -2.22. The van der Waals surface area contributed by atoms with Crippen LogP contribution in [0.3, 0.4) is 0 Å². The second kappa shape index (κ2) is 4.63. The highest BCUT2D eigenvalue weighted by Crippen LogP contribution is 2.37. The monoisotopic (exact) mass is 291 g/mol. The number of nitrogens with zero attached hydrogens (tertiary/aromatic N) is 3. The van der Waals surface area contributed by atoms with Gasteiger partial charge in [-0.1, -0.05) is 0 Å². The number of pyridine rings is 1. The number of nitro benzene ring substituents is 1. The Hall–Kier alpha value is -2.28. The van der Waals surface area contributed by atoms with Crippen LogP contribution in [0.15, 0.2) is 24.4 Å². The maximum atomic E-state index is 14.4. The van der Waals surface area contributed by atoms with Crippen molar-refractivity contribution < 1.29 is 14.4 Å². The fraction of sp³-hybridized carbons (Fsp3) is 0.357. The average molecular weight is 291 g/mol. The van der Waals surface area contributed by atoms with Crippen molar-refractivity contribution in [1.29, 1.82) is 0 Å². The molecule has 1 unspecified atom stereocenters. The number of anilines is 1. The van der Waals surface area contributed by atoms with Crippen molar-refractivity contribution in [2.45, 2.75) is 18.9 Å². The molecule has 3 rings (SSSR count). The first-order valence-corrected chi connectivity index (χ1v) is 6.58. The number of halogens is 1. The van der Waals surface area contributed by atoms with Gasteiger partial charge in [0.25, 0.3) is 5.69 Å². The molecule has 2 heterocycles. The number of hydrogen-bond donors (Lipinski definition) is 1. The molecule has 0 saturated carbocycles. The van der Waals surface area contributed by atoms with Crippen LogP contribution in [-0.2, 0) is 0 Å². The summed E-state index contributed by atoms with van der Waals surface area (Å²) in [7, 11) is 0. The first-order valence-electron chi connectivity index (χ1n) is 6.58. The third kappa shape index (κ3) is 2.29. The van der Waals surface area contributed by atoms with E-state index in [2.05, 4.69) is 4.98 Å². The molecule has 2 aromatic rings. The third-order valence-corrected chi connectivity index (χ3v) is 3.76. The van der Waals surface area contributed by atoms with Crippen molar-refractivity contribution in [2.75, 3.05) is 18.0 Å². The zero-order valence-corrected chi connectivity index (χ0v) is 11.4. The predicted molar refractivity (Wildman–Crippen MR) is 75.8 cm³/mol. The van der Waals surface area contributed by atoms with Gasteiger partial charge in [-0.25, -0.2) is 4.39 Å². The summed E-state index contributed by atoms with van der Waals surface area (Å²) in [5, 5.41) is 21.4. The van der Waals surface area contributed by atoms with E-state index >= 15 is 0 Å². The largest absolute Gasteiger partial charge is 0.388 e. The minimum absolute atomic E-state index is 0.217. The van der Waals surface area contributed by atoms with E-state index in [0.29, 0.717) is 18.4 Å². The zero-order chi connectivity index (χ0) is 15.2. The number of β-amino-alcohol motifs (C(OH)–C–C–N with tert-alkyl or cyclic N) is 1. The Bertz CT molecular complexity index is 733. The van der Waals surface area contributed by atoms with Gasteiger partial charge in [0.05, 0.1) is 22.0 Å². The average Bonchev–Trinajstić information content (AvgIpc) is 2.77. The number of nitro groups is 1. The quantitative estimate of drug-likeness (QED) is 0.678. The second-order valence-corrected chi connectivity index (χ2v) is 5.55. The van der Waals surface area contributed by atoms with Gasteiger partial charge >= 0.3 is 0 Å². The molecule has 0 bridgehead atoms. The Balaban J connectivity index is 2.22. The summed E-state index contributed by atoms with van der Waals surface area (Å²) in [6.45, 7) is 2.44. The molecule has 1 aliphatic heterocycles. The van der Waals surface area contributed by atoms with Crippen LogP contribution in [0, 0.1) is 15.9 Å². The molecule has 1 aromatic carbocycles. The minimum Gasteiger partial charge on any atom is -0.388 e. The van der Waals surface area contributed by atoms with Crippen molar-refractivity contribution in [3.05, 3.63) is 40.3 Å². The second-order valence-electron chi connectivity index (χ2n) is 5.55. The van der Waals surface area contributed by atoms with Crippen LogP contribution in [0.4, 0.5) is 15.8 Å². The van der Waals surface area contributed by atoms with E-state index in [9.17, 15) is 19.6 Å². The number of non-ortho nitro benzene ring substituents is 1. The summed E-state index contributed by atoms with van der Waals surface area (Å²) < 4.78 is 14.4. The SMILES string of the molecule is CC1(O)CCN(c2c(F)cc([N+](=O)[O-])c3cccnc23)C1. The van der Waals surface area contributed by atoms with Gasteiger partial charge in [-0.2, -0.15) is 0 Å². The smallest absolute Gasteiger partial charge is 0.281 e. The fourth-order valence-corrected chi connectivity index (χ4v) is 2.77. The van der Waals surface area contributed by atoms with Crippen molar-refractivity contribution in [1.82, 2.24) is 4.98 Å². The molecule has 1 fully saturated rings. The van der Waals surface area contributed by atoms with Gasteiger partial charge in [-0.3, -0.25) is 15.1 Å². The molecular formula is C14H14FN3O3. The summed E-state index contributed by atoms with van der Waals surface area (Å²) >= 11 is 0. The molecular weight excluding hydrogens is 277 g/mol. The molecule has 21 heavy (non-hydrogen) atoms. The van der Waals surface area contributed by atoms with Crippen LogP contribution in [0.5, 0.6) is 0 Å². The van der Waals surface area contributed by atoms with Crippen molar-refractivity contribution in [3.8, 4) is 0 Å². The normalized spacial score (nSPS) is 22.0. The van der Waals surface area contributed by atoms with E-state index in [1.54, 1.807) is 24.0 Å². The lowest BCUT2D eigenvalue weighted by atomic mass is 10.1. The first-order chi connectivity index (χ1) is 9.89. The Kier molecular flexibility index (Phi) is 3.02. The van der Waals surface area contributed by atoms with E-state index in [-0.39, 0.29) is 23.4 Å². The third-order valence-electron chi connectivity index (χ3n) is 3.76. The highest BCUT2D eigenvalue weighted by Gasteiger charge is 2.34. The van der Waals surface area contributed by atoms with Crippen LogP contribution >= 0.6 is 0 Å². The van der Waals surface area contributed by atoms with Gasteiger partial charge in [0, 0.05) is 19.3 Å². The molecule has 110 valence electrons. The molecule has 1 aliphatic rings. The van der Waals surface area contributed by atoms with E-state index in [4.69, 9.17) is 0 Å². The maximum absolute atomic E-state index is 14.4. The summed E-state index contributed by atoms with van der Waals surface area (Å²) in [6, 6.07) is 4.06. The molecule has 0 aliphatic carbocycles. The van der Waals surface area contributed by atoms with Crippen LogP contribution in [-0.4, -0.2) is 33.7 Å². The summed E-state index contributed by atoms with van der Waals surface area (Å²) in [5.41, 5.74) is -0.726. The van der Waals surface area contributed by atoms with Crippen molar-refractivity contribution in [3.63, 3.8) is 0 Å². The number of rotatable bonds is 2. The number of benzene rings is 1. The van der Waals surface area contributed by atoms with E-state index < -0.39 is 16.3 Å². The fourth-order valence-electron chi connectivity index (χ4n) is 2.77. The van der Waals surface area contributed by atoms with Crippen molar-refractivity contribution >= 4 is 22.3 Å². The Morgan fingerprint density at radius 1 is 1.57 bits per heavy atom. The summed E-state index contributed by atoms with van der Waals surface area (Å²) in [4.78, 5) is 16.2. The molecule has 7 heteroatoms. The number of hydrogen-bond acceptors (Lipinski definition) is 5. The number of aliphatic hydroxyl groups is 1. The van der Waals surface area contributed by atoms with Gasteiger partial charge < -0.3 is 10.0 Å². The van der Waals surface area contributed by atoms with Gasteiger partial charge in [0.2, 0.25) is 0 Å². The van der Waals surface area contributed by atoms with Crippen molar-refractivity contribution in [2.24, 2.45) is 0 Å². The minimum atomic E-state index is -0.894. The van der Waals surface area contributed by atoms with E-state index in [0.717, 1.165) is 6.07 Å². The highest BCUT2D eigenvalue weighted by molar-refractivity contribution is 5.97. The Morgan fingerprint density at radius 3 is 2.95 bits per heavy atom. The van der Waals surface area contributed by atoms with Crippen LogP contribution < -0.4 is 4.90 Å². The van der Waals surface area contributed by atoms with Crippen LogP contribution in [0.1, 0.15) is 13.3 Å². The number of aromatic nitrogens is 1. The van der Waals surface area contributed by atoms with Gasteiger partial charge in [0.15, 0.2) is 5.82 Å². The molecule has 1 aromatic heterocycles. The molecule has 1 atom stereocenters. The van der Waals surface area contributed by atoms with Crippen LogP contribution in [0.2, 0.25) is 0 Å². The lowest BCUT2D eigenvalue weighted by Crippen LogP contribution is -2.30. The molecule has 1 saturated heterocycles.